The molecule has 2 aliphatic heterocycles. The second-order valence-electron chi connectivity index (χ2n) is 9.62. The molecule has 0 aromatic heterocycles. The van der Waals surface area contributed by atoms with E-state index >= 15 is 0 Å². The van der Waals surface area contributed by atoms with Gasteiger partial charge in [-0.1, -0.05) is 6.92 Å². The highest BCUT2D eigenvalue weighted by Gasteiger charge is 2.70. The quantitative estimate of drug-likeness (QED) is 0.494. The summed E-state index contributed by atoms with van der Waals surface area (Å²) in [6.07, 6.45) is 6.72. The van der Waals surface area contributed by atoms with Crippen LogP contribution in [0.25, 0.3) is 0 Å². The first kappa shape index (κ1) is 19.3. The maximum atomic E-state index is 13.2. The van der Waals surface area contributed by atoms with Gasteiger partial charge in [-0.3, -0.25) is 19.3 Å². The second kappa shape index (κ2) is 7.25. The number of hydrogen-bond acceptors (Lipinski definition) is 7. The lowest BCUT2D eigenvalue weighted by Gasteiger charge is -2.34. The Morgan fingerprint density at radius 1 is 1.14 bits per heavy atom. The molecule has 0 amide bonds. The fraction of sp³-hybridized carbons (Fsp3) is 0.864. The van der Waals surface area contributed by atoms with Crippen LogP contribution in [-0.2, 0) is 28.6 Å². The number of likely N-dealkylation sites (tertiary alicyclic amines) is 1. The maximum absolute atomic E-state index is 13.2. The molecular formula is C22H31NO6. The van der Waals surface area contributed by atoms with Crippen molar-refractivity contribution < 1.29 is 28.6 Å². The minimum absolute atomic E-state index is 0.0317. The zero-order valence-electron chi connectivity index (χ0n) is 17.1. The highest BCUT2D eigenvalue weighted by Crippen LogP contribution is 2.59. The van der Waals surface area contributed by atoms with Crippen molar-refractivity contribution in [2.24, 2.45) is 23.7 Å². The summed E-state index contributed by atoms with van der Waals surface area (Å²) in [5.74, 6) is -2.07. The summed E-state index contributed by atoms with van der Waals surface area (Å²) in [5.41, 5.74) is -0.386. The number of carbonyl (C=O) groups is 3. The van der Waals surface area contributed by atoms with Gasteiger partial charge in [0.25, 0.3) is 0 Å². The summed E-state index contributed by atoms with van der Waals surface area (Å²) < 4.78 is 17.5. The van der Waals surface area contributed by atoms with E-state index in [1.165, 1.54) is 0 Å². The molecule has 6 atom stereocenters. The van der Waals surface area contributed by atoms with Crippen LogP contribution in [-0.4, -0.2) is 60.3 Å². The lowest BCUT2D eigenvalue weighted by molar-refractivity contribution is -0.175. The number of hydrogen-bond donors (Lipinski definition) is 0. The first-order valence-electron chi connectivity index (χ1n) is 11.4. The molecule has 3 saturated carbocycles. The Balaban J connectivity index is 1.30. The van der Waals surface area contributed by atoms with Crippen LogP contribution < -0.4 is 0 Å². The van der Waals surface area contributed by atoms with Crippen LogP contribution in [0.2, 0.25) is 0 Å². The molecule has 6 unspecified atom stereocenters. The van der Waals surface area contributed by atoms with E-state index in [9.17, 15) is 14.4 Å². The SMILES string of the molecule is CCC1(OC(=O)C2C3CC4C(OC(=O)C42)C3OC(=O)CN2CCCC2)CCCC1. The first-order valence-corrected chi connectivity index (χ1v) is 11.4. The van der Waals surface area contributed by atoms with Crippen LogP contribution in [0, 0.1) is 23.7 Å². The zero-order chi connectivity index (χ0) is 20.2. The van der Waals surface area contributed by atoms with Crippen LogP contribution in [0.5, 0.6) is 0 Å². The van der Waals surface area contributed by atoms with Crippen LogP contribution in [0.15, 0.2) is 0 Å². The Kier molecular flexibility index (Phi) is 4.84. The average molecular weight is 405 g/mol. The summed E-state index contributed by atoms with van der Waals surface area (Å²) in [7, 11) is 0. The molecule has 0 N–H and O–H groups in total. The van der Waals surface area contributed by atoms with Gasteiger partial charge in [0.05, 0.1) is 18.4 Å². The van der Waals surface area contributed by atoms with Gasteiger partial charge >= 0.3 is 17.9 Å². The van der Waals surface area contributed by atoms with Crippen LogP contribution in [0.3, 0.4) is 0 Å². The average Bonchev–Trinajstić information content (AvgIpc) is 3.47. The van der Waals surface area contributed by atoms with E-state index in [2.05, 4.69) is 11.8 Å². The summed E-state index contributed by atoms with van der Waals surface area (Å²) >= 11 is 0. The third kappa shape index (κ3) is 3.16. The van der Waals surface area contributed by atoms with E-state index in [4.69, 9.17) is 14.2 Å². The van der Waals surface area contributed by atoms with Crippen molar-refractivity contribution >= 4 is 17.9 Å². The van der Waals surface area contributed by atoms with Crippen molar-refractivity contribution in [1.82, 2.24) is 4.90 Å². The van der Waals surface area contributed by atoms with E-state index in [0.717, 1.165) is 58.0 Å². The Labute approximate surface area is 171 Å². The molecule has 2 bridgehead atoms. The van der Waals surface area contributed by atoms with Crippen molar-refractivity contribution in [3.05, 3.63) is 0 Å². The lowest BCUT2D eigenvalue weighted by atomic mass is 9.78. The molecule has 5 rings (SSSR count). The van der Waals surface area contributed by atoms with Crippen molar-refractivity contribution in [3.8, 4) is 0 Å². The molecule has 0 radical (unpaired) electrons. The number of fused-ring (bicyclic) bond motifs is 1. The molecule has 7 heteroatoms. The molecule has 0 aromatic rings. The van der Waals surface area contributed by atoms with E-state index in [1.54, 1.807) is 0 Å². The van der Waals surface area contributed by atoms with Crippen LogP contribution >= 0.6 is 0 Å². The molecule has 5 aliphatic rings. The predicted octanol–water partition coefficient (Wildman–Crippen LogP) is 2.07. The molecule has 7 nitrogen and oxygen atoms in total. The predicted molar refractivity (Wildman–Crippen MR) is 102 cm³/mol. The van der Waals surface area contributed by atoms with Gasteiger partial charge in [0.1, 0.15) is 17.8 Å². The monoisotopic (exact) mass is 405 g/mol. The zero-order valence-corrected chi connectivity index (χ0v) is 17.1. The van der Waals surface area contributed by atoms with E-state index in [1.807, 2.05) is 0 Å². The largest absolute Gasteiger partial charge is 0.459 e. The molecular weight excluding hydrogens is 374 g/mol. The van der Waals surface area contributed by atoms with Crippen molar-refractivity contribution in [3.63, 3.8) is 0 Å². The molecule has 2 saturated heterocycles. The Morgan fingerprint density at radius 3 is 2.55 bits per heavy atom. The number of ether oxygens (including phenoxy) is 3. The topological polar surface area (TPSA) is 82.1 Å². The van der Waals surface area contributed by atoms with Gasteiger partial charge in [-0.2, -0.15) is 0 Å². The molecule has 29 heavy (non-hydrogen) atoms. The summed E-state index contributed by atoms with van der Waals surface area (Å²) in [4.78, 5) is 40.4. The van der Waals surface area contributed by atoms with Gasteiger partial charge in [0, 0.05) is 11.8 Å². The van der Waals surface area contributed by atoms with Crippen LogP contribution in [0.4, 0.5) is 0 Å². The fourth-order valence-corrected chi connectivity index (χ4v) is 6.61. The van der Waals surface area contributed by atoms with Crippen molar-refractivity contribution in [2.75, 3.05) is 19.6 Å². The highest BCUT2D eigenvalue weighted by molar-refractivity contribution is 5.86. The molecule has 5 fully saturated rings. The molecule has 3 aliphatic carbocycles. The second-order valence-corrected chi connectivity index (χ2v) is 9.62. The van der Waals surface area contributed by atoms with Crippen molar-refractivity contribution in [2.45, 2.75) is 76.1 Å². The van der Waals surface area contributed by atoms with Crippen LogP contribution in [0.1, 0.15) is 58.3 Å². The van der Waals surface area contributed by atoms with Gasteiger partial charge in [0.15, 0.2) is 0 Å². The lowest BCUT2D eigenvalue weighted by Crippen LogP contribution is -2.46. The number of carbonyl (C=O) groups excluding carboxylic acids is 3. The summed E-state index contributed by atoms with van der Waals surface area (Å²) in [6.45, 7) is 4.16. The molecule has 160 valence electrons. The standard InChI is InChI=1S/C22H31NO6/c1-2-22(7-3-4-8-22)29-21(26)17-14-11-13-16(17)20(25)28-19(13)18(14)27-15(24)12-23-9-5-6-10-23/h13-14,16-19H,2-12H2,1H3. The number of nitrogens with zero attached hydrogens (tertiary/aromatic N) is 1. The first-order chi connectivity index (χ1) is 14.0. The summed E-state index contributed by atoms with van der Waals surface area (Å²) in [5, 5.41) is 0. The molecule has 2 heterocycles. The molecule has 0 spiro atoms. The molecule has 0 aromatic carbocycles. The normalized spacial score (nSPS) is 39.7. The smallest absolute Gasteiger partial charge is 0.320 e. The minimum Gasteiger partial charge on any atom is -0.459 e. The third-order valence-corrected chi connectivity index (χ3v) is 8.11. The number of esters is 3. The maximum Gasteiger partial charge on any atom is 0.320 e. The third-order valence-electron chi connectivity index (χ3n) is 8.11. The van der Waals surface area contributed by atoms with Gasteiger partial charge < -0.3 is 14.2 Å². The van der Waals surface area contributed by atoms with Gasteiger partial charge in [-0.25, -0.2) is 0 Å². The Morgan fingerprint density at radius 2 is 1.86 bits per heavy atom. The summed E-state index contributed by atoms with van der Waals surface area (Å²) in [6, 6.07) is 0. The van der Waals surface area contributed by atoms with E-state index in [0.29, 0.717) is 6.42 Å². The Hall–Kier alpha value is -1.63. The minimum atomic E-state index is -0.542. The van der Waals surface area contributed by atoms with E-state index < -0.39 is 24.0 Å². The highest BCUT2D eigenvalue weighted by atomic mass is 16.6. The Bertz CT molecular complexity index is 695. The van der Waals surface area contributed by atoms with E-state index in [-0.39, 0.29) is 41.9 Å². The van der Waals surface area contributed by atoms with Gasteiger partial charge in [-0.05, 0) is 64.5 Å². The van der Waals surface area contributed by atoms with Crippen molar-refractivity contribution in [1.29, 1.82) is 0 Å². The van der Waals surface area contributed by atoms with Gasteiger partial charge in [0.2, 0.25) is 0 Å². The van der Waals surface area contributed by atoms with Gasteiger partial charge in [-0.15, -0.1) is 0 Å². The fourth-order valence-electron chi connectivity index (χ4n) is 6.61. The number of rotatable bonds is 6.